The Bertz CT molecular complexity index is 1930. The van der Waals surface area contributed by atoms with E-state index in [1.165, 1.54) is 48.5 Å². The van der Waals surface area contributed by atoms with E-state index in [-0.39, 0.29) is 20.6 Å². The highest BCUT2D eigenvalue weighted by molar-refractivity contribution is 8.14. The number of benzene rings is 4. The lowest BCUT2D eigenvalue weighted by atomic mass is 10.1. The number of rotatable bonds is 8. The molecule has 0 saturated carbocycles. The first-order chi connectivity index (χ1) is 18.4. The molecule has 0 radical (unpaired) electrons. The molecule has 212 valence electrons. The zero-order chi connectivity index (χ0) is 29.7. The molecule has 4 rings (SSSR count). The number of aryl methyl sites for hydroxylation is 2. The number of hydrogen-bond donors (Lipinski definition) is 0. The summed E-state index contributed by atoms with van der Waals surface area (Å²) in [6.07, 6.45) is 0. The van der Waals surface area contributed by atoms with Crippen LogP contribution in [0.3, 0.4) is 0 Å². The maximum Gasteiger partial charge on any atom is 0.339 e. The Balaban J connectivity index is 2.04. The van der Waals surface area contributed by atoms with Gasteiger partial charge in [0.15, 0.2) is 11.5 Å². The first-order valence-corrected chi connectivity index (χ1v) is 18.3. The molecule has 0 saturated heterocycles. The number of halogens is 2. The van der Waals surface area contributed by atoms with Gasteiger partial charge in [0.1, 0.15) is 9.79 Å². The largest absolute Gasteiger partial charge is 0.378 e. The molecular formula is C24H18Cl2O10S4. The highest BCUT2D eigenvalue weighted by Crippen LogP contribution is 2.42. The Labute approximate surface area is 240 Å². The predicted octanol–water partition coefficient (Wildman–Crippen LogP) is 4.85. The Kier molecular flexibility index (Phi) is 7.90. The molecule has 4 aromatic carbocycles. The summed E-state index contributed by atoms with van der Waals surface area (Å²) in [6.45, 7) is 3.44. The molecular weight excluding hydrogens is 647 g/mol. The third-order valence-corrected chi connectivity index (χ3v) is 10.7. The smallest absolute Gasteiger partial charge is 0.339 e. The van der Waals surface area contributed by atoms with E-state index in [9.17, 15) is 33.7 Å². The fourth-order valence-corrected chi connectivity index (χ4v) is 6.97. The molecule has 0 fully saturated rings. The maximum atomic E-state index is 13.1. The summed E-state index contributed by atoms with van der Waals surface area (Å²) < 4.78 is 112. The second-order valence-corrected chi connectivity index (χ2v) is 16.7. The van der Waals surface area contributed by atoms with E-state index in [1.807, 2.05) is 0 Å². The van der Waals surface area contributed by atoms with E-state index in [1.54, 1.807) is 13.8 Å². The van der Waals surface area contributed by atoms with Gasteiger partial charge >= 0.3 is 20.2 Å². The topological polar surface area (TPSA) is 155 Å². The van der Waals surface area contributed by atoms with Gasteiger partial charge in [0, 0.05) is 33.5 Å². The van der Waals surface area contributed by atoms with Crippen molar-refractivity contribution in [3.05, 3.63) is 83.9 Å². The van der Waals surface area contributed by atoms with E-state index in [0.29, 0.717) is 0 Å². The lowest BCUT2D eigenvalue weighted by Crippen LogP contribution is -2.13. The van der Waals surface area contributed by atoms with Gasteiger partial charge in [-0.25, -0.2) is 16.8 Å². The molecule has 0 atom stereocenters. The van der Waals surface area contributed by atoms with Crippen molar-refractivity contribution < 1.29 is 42.0 Å². The molecule has 0 spiro atoms. The Morgan fingerprint density at radius 2 is 0.825 bits per heavy atom. The van der Waals surface area contributed by atoms with E-state index in [2.05, 4.69) is 0 Å². The predicted molar refractivity (Wildman–Crippen MR) is 148 cm³/mol. The molecule has 10 nitrogen and oxygen atoms in total. The highest BCUT2D eigenvalue weighted by Gasteiger charge is 2.27. The number of fused-ring (bicyclic) bond motifs is 1. The van der Waals surface area contributed by atoms with Gasteiger partial charge in [0.05, 0.1) is 15.2 Å². The molecule has 0 N–H and O–H groups in total. The fraction of sp³-hybridized carbons (Fsp3) is 0.0833. The SMILES string of the molecule is Cc1ccc(S(=O)(=O)Oc2cc(S(=O)(=O)Cl)cc3cc(S(=O)(=O)Cl)cc(OS(=O)(=O)c4ccc(C)cc4)c23)cc1. The lowest BCUT2D eigenvalue weighted by Gasteiger charge is -2.16. The van der Waals surface area contributed by atoms with Crippen LogP contribution in [0.4, 0.5) is 0 Å². The van der Waals surface area contributed by atoms with Gasteiger partial charge in [-0.2, -0.15) is 16.8 Å². The fourth-order valence-electron chi connectivity index (χ4n) is 3.54. The van der Waals surface area contributed by atoms with Crippen LogP contribution >= 0.6 is 21.4 Å². The molecule has 0 amide bonds. The van der Waals surface area contributed by atoms with E-state index in [4.69, 9.17) is 29.7 Å². The Morgan fingerprint density at radius 3 is 1.12 bits per heavy atom. The van der Waals surface area contributed by atoms with Crippen molar-refractivity contribution in [2.75, 3.05) is 0 Å². The summed E-state index contributed by atoms with van der Waals surface area (Å²) in [5.74, 6) is -1.41. The molecule has 0 unspecified atom stereocenters. The first kappa shape index (κ1) is 30.1. The van der Waals surface area contributed by atoms with Crippen molar-refractivity contribution in [1.82, 2.24) is 0 Å². The standard InChI is InChI=1S/C24H18Cl2O10S4/c1-15-3-7-18(8-4-15)39(31,32)35-22-13-20(37(25,27)28)11-17-12-21(38(26,29)30)14-23(24(17)22)36-40(33,34)19-9-5-16(2)6-10-19/h3-14H,1-2H3. The van der Waals surface area contributed by atoms with Crippen LogP contribution in [0.25, 0.3) is 10.8 Å². The van der Waals surface area contributed by atoms with Crippen LogP contribution in [0, 0.1) is 13.8 Å². The van der Waals surface area contributed by atoms with E-state index in [0.717, 1.165) is 35.4 Å². The third-order valence-electron chi connectivity index (χ3n) is 5.51. The summed E-state index contributed by atoms with van der Waals surface area (Å²) in [4.78, 5) is -1.96. The van der Waals surface area contributed by atoms with Crippen LogP contribution in [0.2, 0.25) is 0 Å². The normalized spacial score (nSPS) is 12.8. The summed E-state index contributed by atoms with van der Waals surface area (Å²) in [5.41, 5.74) is 1.48. The van der Waals surface area contributed by atoms with Crippen LogP contribution in [0.5, 0.6) is 11.5 Å². The van der Waals surface area contributed by atoms with E-state index < -0.39 is 59.6 Å². The lowest BCUT2D eigenvalue weighted by molar-refractivity contribution is 0.481. The molecule has 0 aliphatic rings. The van der Waals surface area contributed by atoms with Crippen LogP contribution < -0.4 is 8.37 Å². The summed E-state index contributed by atoms with van der Waals surface area (Å²) in [7, 11) is -7.31. The third kappa shape index (κ3) is 6.53. The van der Waals surface area contributed by atoms with Crippen molar-refractivity contribution >= 4 is 70.5 Å². The van der Waals surface area contributed by atoms with Crippen molar-refractivity contribution in [3.63, 3.8) is 0 Å². The van der Waals surface area contributed by atoms with Gasteiger partial charge in [0.2, 0.25) is 0 Å². The maximum absolute atomic E-state index is 13.1. The zero-order valence-corrected chi connectivity index (χ0v) is 25.2. The molecule has 4 aromatic rings. The van der Waals surface area contributed by atoms with Gasteiger partial charge in [0.25, 0.3) is 18.1 Å². The van der Waals surface area contributed by atoms with Crippen molar-refractivity contribution in [3.8, 4) is 11.5 Å². The molecule has 40 heavy (non-hydrogen) atoms. The van der Waals surface area contributed by atoms with Crippen molar-refractivity contribution in [2.45, 2.75) is 33.4 Å². The minimum absolute atomic E-state index is 0.305. The van der Waals surface area contributed by atoms with Gasteiger partial charge in [-0.15, -0.1) is 0 Å². The van der Waals surface area contributed by atoms with Crippen LogP contribution in [-0.4, -0.2) is 33.7 Å². The summed E-state index contributed by atoms with van der Waals surface area (Å²) in [5, 5.41) is -0.703. The Hall–Kier alpha value is -2.88. The molecule has 16 heteroatoms. The second-order valence-electron chi connectivity index (χ2n) is 8.52. The average molecular weight is 666 g/mol. The molecule has 0 aromatic heterocycles. The molecule has 0 heterocycles. The van der Waals surface area contributed by atoms with Gasteiger partial charge < -0.3 is 8.37 Å². The number of hydrogen-bond acceptors (Lipinski definition) is 10. The zero-order valence-electron chi connectivity index (χ0n) is 20.4. The second kappa shape index (κ2) is 10.5. The molecule has 0 aliphatic carbocycles. The average Bonchev–Trinajstić information content (AvgIpc) is 2.82. The minimum Gasteiger partial charge on any atom is -0.378 e. The van der Waals surface area contributed by atoms with Gasteiger partial charge in [-0.3, -0.25) is 0 Å². The molecule has 0 bridgehead atoms. The van der Waals surface area contributed by atoms with Gasteiger partial charge in [-0.05, 0) is 55.6 Å². The van der Waals surface area contributed by atoms with Gasteiger partial charge in [-0.1, -0.05) is 35.4 Å². The first-order valence-electron chi connectivity index (χ1n) is 10.9. The van der Waals surface area contributed by atoms with E-state index >= 15 is 0 Å². The van der Waals surface area contributed by atoms with Crippen molar-refractivity contribution in [1.29, 1.82) is 0 Å². The molecule has 0 aliphatic heterocycles. The van der Waals surface area contributed by atoms with Crippen molar-refractivity contribution in [2.24, 2.45) is 0 Å². The minimum atomic E-state index is -4.63. The quantitative estimate of drug-likeness (QED) is 0.189. The highest BCUT2D eigenvalue weighted by atomic mass is 35.7. The summed E-state index contributed by atoms with van der Waals surface area (Å²) >= 11 is 0. The van der Waals surface area contributed by atoms with Crippen LogP contribution in [0.1, 0.15) is 11.1 Å². The monoisotopic (exact) mass is 664 g/mol. The van der Waals surface area contributed by atoms with Crippen LogP contribution in [0.15, 0.2) is 92.4 Å². The van der Waals surface area contributed by atoms with Crippen LogP contribution in [-0.2, 0) is 38.3 Å². The summed E-state index contributed by atoms with van der Waals surface area (Å²) in [6, 6.07) is 14.2. The Morgan fingerprint density at radius 1 is 0.500 bits per heavy atom.